The summed E-state index contributed by atoms with van der Waals surface area (Å²) in [5.41, 5.74) is 12.3. The lowest BCUT2D eigenvalue weighted by Gasteiger charge is -2.07. The van der Waals surface area contributed by atoms with Crippen LogP contribution in [0.4, 0.5) is 10.5 Å². The van der Waals surface area contributed by atoms with Gasteiger partial charge in [0, 0.05) is 18.8 Å². The van der Waals surface area contributed by atoms with E-state index >= 15 is 0 Å². The zero-order valence-corrected chi connectivity index (χ0v) is 8.40. The average molecular weight is 209 g/mol. The lowest BCUT2D eigenvalue weighted by Crippen LogP contribution is -2.23. The Labute approximate surface area is 88.4 Å². The average Bonchev–Trinajstić information content (AvgIpc) is 2.20. The third-order valence-electron chi connectivity index (χ3n) is 1.89. The summed E-state index contributed by atoms with van der Waals surface area (Å²) in [6.07, 6.45) is -0.754. The van der Waals surface area contributed by atoms with E-state index in [0.717, 1.165) is 11.3 Å². The number of hydrogen-bond acceptors (Lipinski definition) is 4. The topological polar surface area (TPSA) is 90.4 Å². The van der Waals surface area contributed by atoms with Crippen molar-refractivity contribution in [1.82, 2.24) is 5.32 Å². The fourth-order valence-electron chi connectivity index (χ4n) is 1.14. The molecule has 5 nitrogen and oxygen atoms in total. The maximum absolute atomic E-state index is 10.2. The number of primary amides is 1. The van der Waals surface area contributed by atoms with Crippen LogP contribution in [0.25, 0.3) is 0 Å². The highest BCUT2D eigenvalue weighted by atomic mass is 16.5. The molecule has 0 aromatic heterocycles. The number of anilines is 1. The Balaban J connectivity index is 2.21. The summed E-state index contributed by atoms with van der Waals surface area (Å²) in [5, 5.41) is 3.09. The lowest BCUT2D eigenvalue weighted by atomic mass is 10.2. The normalized spacial score (nSPS) is 9.87. The predicted molar refractivity (Wildman–Crippen MR) is 58.1 cm³/mol. The zero-order valence-electron chi connectivity index (χ0n) is 8.40. The molecule has 5 N–H and O–H groups in total. The van der Waals surface area contributed by atoms with Gasteiger partial charge in [0.15, 0.2) is 0 Å². The van der Waals surface area contributed by atoms with Gasteiger partial charge in [0.25, 0.3) is 0 Å². The van der Waals surface area contributed by atoms with Crippen LogP contribution in [-0.4, -0.2) is 19.2 Å². The number of nitrogens with two attached hydrogens (primary N) is 2. The van der Waals surface area contributed by atoms with Crippen LogP contribution in [0.5, 0.6) is 0 Å². The van der Waals surface area contributed by atoms with Crippen molar-refractivity contribution < 1.29 is 9.53 Å². The molecule has 0 aliphatic carbocycles. The van der Waals surface area contributed by atoms with Crippen molar-refractivity contribution in [1.29, 1.82) is 0 Å². The van der Waals surface area contributed by atoms with Crippen molar-refractivity contribution in [3.63, 3.8) is 0 Å². The number of ether oxygens (including phenoxy) is 1. The van der Waals surface area contributed by atoms with Crippen molar-refractivity contribution in [3.05, 3.63) is 29.8 Å². The van der Waals surface area contributed by atoms with Crippen LogP contribution in [0, 0.1) is 0 Å². The molecule has 0 unspecified atom stereocenters. The molecule has 0 aliphatic heterocycles. The second-order valence-electron chi connectivity index (χ2n) is 3.04. The van der Waals surface area contributed by atoms with Gasteiger partial charge in [0.1, 0.15) is 6.61 Å². The molecule has 0 bridgehead atoms. The van der Waals surface area contributed by atoms with Gasteiger partial charge in [0.05, 0.1) is 0 Å². The summed E-state index contributed by atoms with van der Waals surface area (Å²) in [7, 11) is 0. The molecule has 0 radical (unpaired) electrons. The highest BCUT2D eigenvalue weighted by Crippen LogP contribution is 2.09. The van der Waals surface area contributed by atoms with Crippen molar-refractivity contribution in [2.24, 2.45) is 5.73 Å². The number of carbonyl (C=O) groups excluding carboxylic acids is 1. The van der Waals surface area contributed by atoms with Gasteiger partial charge in [-0.25, -0.2) is 4.79 Å². The number of hydrogen-bond donors (Lipinski definition) is 3. The van der Waals surface area contributed by atoms with Gasteiger partial charge in [-0.3, -0.25) is 0 Å². The Kier molecular flexibility index (Phi) is 4.43. The fourth-order valence-corrected chi connectivity index (χ4v) is 1.14. The third-order valence-corrected chi connectivity index (χ3v) is 1.89. The summed E-state index contributed by atoms with van der Waals surface area (Å²) >= 11 is 0. The Morgan fingerprint density at radius 1 is 1.40 bits per heavy atom. The third kappa shape index (κ3) is 4.33. The first-order valence-electron chi connectivity index (χ1n) is 4.66. The molecule has 1 rings (SSSR count). The highest BCUT2D eigenvalue weighted by molar-refractivity contribution is 5.64. The largest absolute Gasteiger partial charge is 0.448 e. The van der Waals surface area contributed by atoms with Crippen LogP contribution in [0.3, 0.4) is 0 Å². The molecule has 0 heterocycles. The fraction of sp³-hybridized carbons (Fsp3) is 0.300. The number of rotatable bonds is 5. The minimum Gasteiger partial charge on any atom is -0.448 e. The lowest BCUT2D eigenvalue weighted by molar-refractivity contribution is 0.157. The van der Waals surface area contributed by atoms with Crippen LogP contribution in [0.15, 0.2) is 24.3 Å². The number of carbonyl (C=O) groups is 1. The predicted octanol–water partition coefficient (Wildman–Crippen LogP) is 0.454. The quantitative estimate of drug-likeness (QED) is 0.485. The van der Waals surface area contributed by atoms with Crippen molar-refractivity contribution >= 4 is 11.8 Å². The van der Waals surface area contributed by atoms with E-state index in [4.69, 9.17) is 11.5 Å². The summed E-state index contributed by atoms with van der Waals surface area (Å²) in [6.45, 7) is 1.47. The van der Waals surface area contributed by atoms with E-state index in [1.54, 1.807) is 0 Å². The molecule has 0 saturated heterocycles. The maximum Gasteiger partial charge on any atom is 0.404 e. The molecule has 0 spiro atoms. The molecule has 15 heavy (non-hydrogen) atoms. The standard InChI is InChI=1S/C10H15N3O2/c11-9-4-2-1-3-8(9)7-13-5-6-15-10(12)14/h1-4,13H,5-7,11H2,(H2,12,14). The molecule has 1 aromatic rings. The van der Waals surface area contributed by atoms with E-state index in [0.29, 0.717) is 13.1 Å². The molecule has 5 heteroatoms. The number of benzene rings is 1. The molecular formula is C10H15N3O2. The molecule has 0 aliphatic rings. The Bertz CT molecular complexity index is 328. The van der Waals surface area contributed by atoms with Crippen LogP contribution < -0.4 is 16.8 Å². The molecule has 1 aromatic carbocycles. The van der Waals surface area contributed by atoms with Crippen LogP contribution in [-0.2, 0) is 11.3 Å². The van der Waals surface area contributed by atoms with Crippen molar-refractivity contribution in [3.8, 4) is 0 Å². The maximum atomic E-state index is 10.2. The van der Waals surface area contributed by atoms with Gasteiger partial charge in [0.2, 0.25) is 0 Å². The number of para-hydroxylation sites is 1. The molecule has 1 amide bonds. The van der Waals surface area contributed by atoms with Crippen LogP contribution in [0.1, 0.15) is 5.56 Å². The second kappa shape index (κ2) is 5.87. The van der Waals surface area contributed by atoms with Gasteiger partial charge in [-0.05, 0) is 11.6 Å². The van der Waals surface area contributed by atoms with Gasteiger partial charge in [-0.2, -0.15) is 0 Å². The van der Waals surface area contributed by atoms with E-state index in [-0.39, 0.29) is 6.61 Å². The Morgan fingerprint density at radius 3 is 2.80 bits per heavy atom. The molecule has 0 fully saturated rings. The van der Waals surface area contributed by atoms with Gasteiger partial charge < -0.3 is 21.5 Å². The summed E-state index contributed by atoms with van der Waals surface area (Å²) < 4.78 is 4.56. The number of amides is 1. The molecular weight excluding hydrogens is 194 g/mol. The minimum atomic E-state index is -0.754. The summed E-state index contributed by atoms with van der Waals surface area (Å²) in [6, 6.07) is 7.59. The number of nitrogens with one attached hydrogen (secondary N) is 1. The van der Waals surface area contributed by atoms with E-state index < -0.39 is 6.09 Å². The summed E-state index contributed by atoms with van der Waals surface area (Å²) in [5.74, 6) is 0. The molecule has 0 saturated carbocycles. The first kappa shape index (κ1) is 11.3. The molecule has 0 atom stereocenters. The second-order valence-corrected chi connectivity index (χ2v) is 3.04. The Hall–Kier alpha value is -1.75. The van der Waals surface area contributed by atoms with E-state index in [2.05, 4.69) is 10.1 Å². The summed E-state index contributed by atoms with van der Waals surface area (Å²) in [4.78, 5) is 10.2. The minimum absolute atomic E-state index is 0.266. The van der Waals surface area contributed by atoms with Gasteiger partial charge in [-0.15, -0.1) is 0 Å². The van der Waals surface area contributed by atoms with Gasteiger partial charge >= 0.3 is 6.09 Å². The smallest absolute Gasteiger partial charge is 0.404 e. The zero-order chi connectivity index (χ0) is 11.1. The SMILES string of the molecule is NC(=O)OCCNCc1ccccc1N. The highest BCUT2D eigenvalue weighted by Gasteiger charge is 1.97. The van der Waals surface area contributed by atoms with E-state index in [1.165, 1.54) is 0 Å². The van der Waals surface area contributed by atoms with Crippen molar-refractivity contribution in [2.45, 2.75) is 6.54 Å². The first-order valence-corrected chi connectivity index (χ1v) is 4.66. The van der Waals surface area contributed by atoms with E-state index in [9.17, 15) is 4.79 Å². The molecule has 82 valence electrons. The first-order chi connectivity index (χ1) is 7.20. The Morgan fingerprint density at radius 2 is 2.13 bits per heavy atom. The monoisotopic (exact) mass is 209 g/mol. The van der Waals surface area contributed by atoms with Gasteiger partial charge in [-0.1, -0.05) is 18.2 Å². The van der Waals surface area contributed by atoms with Crippen molar-refractivity contribution in [2.75, 3.05) is 18.9 Å². The van der Waals surface area contributed by atoms with Crippen LogP contribution in [0.2, 0.25) is 0 Å². The van der Waals surface area contributed by atoms with Crippen LogP contribution >= 0.6 is 0 Å². The number of nitrogen functional groups attached to an aromatic ring is 1. The van der Waals surface area contributed by atoms with E-state index in [1.807, 2.05) is 24.3 Å².